The fourth-order valence-electron chi connectivity index (χ4n) is 6.15. The number of ketones is 1. The van der Waals surface area contributed by atoms with Crippen LogP contribution in [0.1, 0.15) is 24.0 Å². The zero-order chi connectivity index (χ0) is 19.0. The molecule has 2 bridgehead atoms. The topological polar surface area (TPSA) is 74.2 Å². The highest BCUT2D eigenvalue weighted by Crippen LogP contribution is 2.71. The van der Waals surface area contributed by atoms with Gasteiger partial charge in [0.05, 0.1) is 20.1 Å². The smallest absolute Gasteiger partial charge is 0.334 e. The molecule has 1 aliphatic heterocycles. The number of Topliss-reactive ketones (excluding diaryl/α,β-unsaturated/α-hetero) is 1. The third-order valence-electron chi connectivity index (χ3n) is 7.07. The van der Waals surface area contributed by atoms with Crippen LogP contribution in [0.3, 0.4) is 0 Å². The van der Waals surface area contributed by atoms with Crippen molar-refractivity contribution in [3.63, 3.8) is 0 Å². The lowest BCUT2D eigenvalue weighted by Gasteiger charge is -2.42. The second kappa shape index (κ2) is 5.21. The van der Waals surface area contributed by atoms with Gasteiger partial charge in [0, 0.05) is 11.8 Å². The summed E-state index contributed by atoms with van der Waals surface area (Å²) in [4.78, 5) is 30.3. The molecule has 3 aliphatic carbocycles. The van der Waals surface area contributed by atoms with Crippen molar-refractivity contribution in [1.82, 2.24) is 0 Å². The molecule has 1 heterocycles. The third-order valence-corrected chi connectivity index (χ3v) is 7.07. The minimum Gasteiger partial charge on any atom is -0.493 e. The Bertz CT molecular complexity index is 921. The summed E-state index contributed by atoms with van der Waals surface area (Å²) < 4.78 is 16.5. The average Bonchev–Trinajstić information content (AvgIpc) is 3.26. The third kappa shape index (κ3) is 1.74. The number of ether oxygens (including phenoxy) is 3. The molecule has 0 saturated heterocycles. The first kappa shape index (κ1) is 16.5. The standard InChI is InChI=1S/C21H21NO5/c1-20-9-11-6-4-5-7-12(11)15(20)16-17(23)13(25-2)8-14(20)21(16)18(19(24)26-3)22-10-27-21/h4-8,10,14-16,18H,9H2,1-3H3/t14-,15-,16-,18+,20+,21+/m0/s1. The molecule has 0 N–H and O–H groups in total. The van der Waals surface area contributed by atoms with Gasteiger partial charge in [0.15, 0.2) is 23.8 Å². The monoisotopic (exact) mass is 367 g/mol. The van der Waals surface area contributed by atoms with Crippen LogP contribution in [0.4, 0.5) is 0 Å². The number of hydrogen-bond donors (Lipinski definition) is 0. The van der Waals surface area contributed by atoms with Gasteiger partial charge in [-0.15, -0.1) is 0 Å². The van der Waals surface area contributed by atoms with Gasteiger partial charge < -0.3 is 14.2 Å². The van der Waals surface area contributed by atoms with E-state index in [0.717, 1.165) is 12.0 Å². The van der Waals surface area contributed by atoms with Gasteiger partial charge in [0.1, 0.15) is 0 Å². The lowest BCUT2D eigenvalue weighted by Crippen LogP contribution is -2.58. The SMILES string of the molecule is COC(=O)[C@H]1N=CO[C@]12[C@@H]1C(=O)C(OC)=C[C@H]2[C@@]2(C)Cc3ccccc3[C@@H]12. The Morgan fingerprint density at radius 1 is 1.26 bits per heavy atom. The van der Waals surface area contributed by atoms with Crippen molar-refractivity contribution in [1.29, 1.82) is 0 Å². The summed E-state index contributed by atoms with van der Waals surface area (Å²) in [6, 6.07) is 7.38. The Morgan fingerprint density at radius 3 is 2.78 bits per heavy atom. The molecular weight excluding hydrogens is 346 g/mol. The van der Waals surface area contributed by atoms with Gasteiger partial charge in [0.25, 0.3) is 0 Å². The largest absolute Gasteiger partial charge is 0.493 e. The number of fused-ring (bicyclic) bond motifs is 5. The van der Waals surface area contributed by atoms with Crippen molar-refractivity contribution < 1.29 is 23.8 Å². The number of carbonyl (C=O) groups is 2. The van der Waals surface area contributed by atoms with E-state index in [4.69, 9.17) is 14.2 Å². The first-order chi connectivity index (χ1) is 13.0. The summed E-state index contributed by atoms with van der Waals surface area (Å²) in [6.45, 7) is 2.18. The highest BCUT2D eigenvalue weighted by atomic mass is 16.5. The molecule has 27 heavy (non-hydrogen) atoms. The normalized spacial score (nSPS) is 40.4. The van der Waals surface area contributed by atoms with Crippen molar-refractivity contribution in [3.05, 3.63) is 47.2 Å². The van der Waals surface area contributed by atoms with Gasteiger partial charge in [-0.3, -0.25) is 4.79 Å². The van der Waals surface area contributed by atoms with Gasteiger partial charge in [0.2, 0.25) is 5.78 Å². The van der Waals surface area contributed by atoms with Crippen LogP contribution in [0.2, 0.25) is 0 Å². The molecule has 1 saturated carbocycles. The number of aliphatic imine (C=N–C) groups is 1. The van der Waals surface area contributed by atoms with Crippen LogP contribution in [0, 0.1) is 17.3 Å². The highest BCUT2D eigenvalue weighted by molar-refractivity contribution is 6.01. The second-order valence-corrected chi connectivity index (χ2v) is 8.07. The summed E-state index contributed by atoms with van der Waals surface area (Å²) in [6.07, 6.45) is 3.99. The molecule has 1 aromatic rings. The molecule has 0 radical (unpaired) electrons. The van der Waals surface area contributed by atoms with Gasteiger partial charge in [-0.25, -0.2) is 9.79 Å². The molecule has 6 heteroatoms. The Labute approximate surface area is 157 Å². The van der Waals surface area contributed by atoms with E-state index >= 15 is 0 Å². The number of esters is 1. The molecule has 140 valence electrons. The van der Waals surface area contributed by atoms with E-state index in [1.54, 1.807) is 0 Å². The number of allylic oxidation sites excluding steroid dienone is 1. The van der Waals surface area contributed by atoms with Crippen molar-refractivity contribution >= 4 is 18.2 Å². The van der Waals surface area contributed by atoms with E-state index in [9.17, 15) is 9.59 Å². The van der Waals surface area contributed by atoms with E-state index in [1.807, 2.05) is 18.2 Å². The zero-order valence-corrected chi connectivity index (χ0v) is 15.5. The predicted molar refractivity (Wildman–Crippen MR) is 96.2 cm³/mol. The minimum atomic E-state index is -1.06. The number of methoxy groups -OCH3 is 2. The van der Waals surface area contributed by atoms with E-state index in [-0.39, 0.29) is 23.0 Å². The van der Waals surface area contributed by atoms with Crippen LogP contribution in [0.15, 0.2) is 41.1 Å². The Balaban J connectivity index is 1.76. The number of nitrogens with zero attached hydrogens (tertiary/aromatic N) is 1. The Hall–Kier alpha value is -2.63. The second-order valence-electron chi connectivity index (χ2n) is 8.07. The highest BCUT2D eigenvalue weighted by Gasteiger charge is 2.77. The summed E-state index contributed by atoms with van der Waals surface area (Å²) in [5.41, 5.74) is 1.08. The van der Waals surface area contributed by atoms with Gasteiger partial charge in [-0.05, 0) is 29.0 Å². The fraction of sp³-hybridized carbons (Fsp3) is 0.476. The Morgan fingerprint density at radius 2 is 2.04 bits per heavy atom. The first-order valence-electron chi connectivity index (χ1n) is 9.14. The maximum absolute atomic E-state index is 13.4. The molecule has 0 unspecified atom stereocenters. The number of rotatable bonds is 2. The number of carbonyl (C=O) groups excluding carboxylic acids is 2. The van der Waals surface area contributed by atoms with Crippen LogP contribution in [-0.2, 0) is 30.2 Å². The van der Waals surface area contributed by atoms with Crippen LogP contribution >= 0.6 is 0 Å². The van der Waals surface area contributed by atoms with Crippen LogP contribution in [0.5, 0.6) is 0 Å². The van der Waals surface area contributed by atoms with Crippen molar-refractivity contribution in [2.75, 3.05) is 14.2 Å². The zero-order valence-electron chi connectivity index (χ0n) is 15.5. The van der Waals surface area contributed by atoms with E-state index in [1.165, 1.54) is 26.2 Å². The molecule has 1 fully saturated rings. The molecule has 4 aliphatic rings. The molecule has 1 aromatic carbocycles. The van der Waals surface area contributed by atoms with Crippen LogP contribution < -0.4 is 0 Å². The average molecular weight is 367 g/mol. The van der Waals surface area contributed by atoms with Crippen LogP contribution in [0.25, 0.3) is 0 Å². The minimum absolute atomic E-state index is 0.0658. The van der Waals surface area contributed by atoms with Crippen molar-refractivity contribution in [3.8, 4) is 0 Å². The summed E-state index contributed by atoms with van der Waals surface area (Å²) in [7, 11) is 2.85. The summed E-state index contributed by atoms with van der Waals surface area (Å²) >= 11 is 0. The van der Waals surface area contributed by atoms with Gasteiger partial charge in [-0.2, -0.15) is 0 Å². The summed E-state index contributed by atoms with van der Waals surface area (Å²) in [5, 5.41) is 0. The molecule has 0 aromatic heterocycles. The fourth-order valence-corrected chi connectivity index (χ4v) is 6.15. The van der Waals surface area contributed by atoms with E-state index in [2.05, 4.69) is 24.0 Å². The lowest BCUT2D eigenvalue weighted by molar-refractivity contribution is -0.152. The summed E-state index contributed by atoms with van der Waals surface area (Å²) in [5.74, 6) is -1.07. The number of benzene rings is 1. The Kier molecular flexibility index (Phi) is 3.19. The molecule has 6 atom stereocenters. The van der Waals surface area contributed by atoms with Gasteiger partial charge in [-0.1, -0.05) is 31.2 Å². The molecular formula is C21H21NO5. The van der Waals surface area contributed by atoms with E-state index < -0.39 is 23.5 Å². The van der Waals surface area contributed by atoms with E-state index in [0.29, 0.717) is 5.76 Å². The van der Waals surface area contributed by atoms with Crippen LogP contribution in [-0.4, -0.2) is 44.0 Å². The van der Waals surface area contributed by atoms with Crippen molar-refractivity contribution in [2.24, 2.45) is 22.2 Å². The first-order valence-corrected chi connectivity index (χ1v) is 9.14. The lowest BCUT2D eigenvalue weighted by atomic mass is 9.67. The molecule has 1 spiro atoms. The quantitative estimate of drug-likeness (QED) is 0.748. The van der Waals surface area contributed by atoms with Crippen molar-refractivity contribution in [2.45, 2.75) is 30.9 Å². The van der Waals surface area contributed by atoms with Gasteiger partial charge >= 0.3 is 5.97 Å². The predicted octanol–water partition coefficient (Wildman–Crippen LogP) is 2.03. The molecule has 0 amide bonds. The molecule has 5 rings (SSSR count). The maximum Gasteiger partial charge on any atom is 0.334 e. The number of hydrogen-bond acceptors (Lipinski definition) is 6. The molecule has 6 nitrogen and oxygen atoms in total. The maximum atomic E-state index is 13.4.